The van der Waals surface area contributed by atoms with E-state index in [4.69, 9.17) is 4.74 Å². The fourth-order valence-corrected chi connectivity index (χ4v) is 1.95. The fourth-order valence-electron chi connectivity index (χ4n) is 1.95. The number of nitrogens with zero attached hydrogens (tertiary/aromatic N) is 2. The third-order valence-corrected chi connectivity index (χ3v) is 2.97. The van der Waals surface area contributed by atoms with Crippen molar-refractivity contribution in [1.82, 2.24) is 9.78 Å². The Bertz CT molecular complexity index is 587. The molecule has 1 aromatic heterocycles. The lowest BCUT2D eigenvalue weighted by Crippen LogP contribution is -2.10. The molecular weight excluding hydrogens is 280 g/mol. The van der Waals surface area contributed by atoms with Crippen LogP contribution in [0.25, 0.3) is 0 Å². The maximum absolute atomic E-state index is 12.4. The molecule has 0 spiro atoms. The van der Waals surface area contributed by atoms with Crippen LogP contribution in [0.5, 0.6) is 11.5 Å². The summed E-state index contributed by atoms with van der Waals surface area (Å²) in [6.07, 6.45) is 1.70. The Balaban J connectivity index is 2.16. The Morgan fingerprint density at radius 3 is 2.81 bits per heavy atom. The fraction of sp³-hybridized carbons (Fsp3) is 0.357. The molecule has 0 saturated carbocycles. The van der Waals surface area contributed by atoms with Crippen LogP contribution in [0.4, 0.5) is 14.5 Å². The molecule has 2 aromatic rings. The Hall–Kier alpha value is -2.31. The van der Waals surface area contributed by atoms with Gasteiger partial charge in [0.15, 0.2) is 0 Å². The second-order valence-electron chi connectivity index (χ2n) is 4.23. The zero-order valence-corrected chi connectivity index (χ0v) is 11.8. The predicted molar refractivity (Wildman–Crippen MR) is 74.9 cm³/mol. The van der Waals surface area contributed by atoms with Crippen molar-refractivity contribution in [1.29, 1.82) is 0 Å². The van der Waals surface area contributed by atoms with Crippen LogP contribution >= 0.6 is 0 Å². The number of benzene rings is 1. The van der Waals surface area contributed by atoms with Crippen molar-refractivity contribution >= 4 is 5.69 Å². The number of alkyl halides is 2. The molecular formula is C14H17F2N3O2. The Morgan fingerprint density at radius 1 is 1.33 bits per heavy atom. The first-order valence-corrected chi connectivity index (χ1v) is 6.51. The molecule has 21 heavy (non-hydrogen) atoms. The molecule has 0 amide bonds. The van der Waals surface area contributed by atoms with Gasteiger partial charge < -0.3 is 14.8 Å². The van der Waals surface area contributed by atoms with Crippen molar-refractivity contribution in [3.63, 3.8) is 0 Å². The van der Waals surface area contributed by atoms with Gasteiger partial charge in [-0.2, -0.15) is 13.9 Å². The summed E-state index contributed by atoms with van der Waals surface area (Å²) in [5, 5.41) is 7.22. The van der Waals surface area contributed by atoms with Crippen LogP contribution in [-0.2, 0) is 13.1 Å². The van der Waals surface area contributed by atoms with Gasteiger partial charge in [0.05, 0.1) is 25.0 Å². The standard InChI is InChI=1S/C14H17F2N3O2/c1-3-19-10(6-7-18-19)9-17-12-8-11(20-2)4-5-13(12)21-14(15)16/h4-8,14,17H,3,9H2,1-2H3. The highest BCUT2D eigenvalue weighted by Gasteiger charge is 2.11. The molecule has 1 heterocycles. The monoisotopic (exact) mass is 297 g/mol. The third kappa shape index (κ3) is 3.84. The average Bonchev–Trinajstić information content (AvgIpc) is 2.93. The van der Waals surface area contributed by atoms with Crippen LogP contribution in [0.3, 0.4) is 0 Å². The average molecular weight is 297 g/mol. The highest BCUT2D eigenvalue weighted by molar-refractivity contribution is 5.59. The van der Waals surface area contributed by atoms with Crippen LogP contribution in [-0.4, -0.2) is 23.5 Å². The maximum Gasteiger partial charge on any atom is 0.387 e. The molecule has 7 heteroatoms. The van der Waals surface area contributed by atoms with Gasteiger partial charge in [0, 0.05) is 18.8 Å². The number of nitrogens with one attached hydrogen (secondary N) is 1. The molecule has 2 rings (SSSR count). The van der Waals surface area contributed by atoms with Gasteiger partial charge in [-0.3, -0.25) is 4.68 Å². The topological polar surface area (TPSA) is 48.3 Å². The first-order valence-electron chi connectivity index (χ1n) is 6.51. The molecule has 0 bridgehead atoms. The maximum atomic E-state index is 12.4. The van der Waals surface area contributed by atoms with Crippen molar-refractivity contribution < 1.29 is 18.3 Å². The number of halogens is 2. The van der Waals surface area contributed by atoms with E-state index in [-0.39, 0.29) is 5.75 Å². The highest BCUT2D eigenvalue weighted by Crippen LogP contribution is 2.30. The molecule has 0 aliphatic heterocycles. The SMILES string of the molecule is CCn1nccc1CNc1cc(OC)ccc1OC(F)F. The number of rotatable bonds is 7. The van der Waals surface area contributed by atoms with Gasteiger partial charge in [-0.1, -0.05) is 0 Å². The molecule has 0 fully saturated rings. The van der Waals surface area contributed by atoms with Crippen LogP contribution in [0, 0.1) is 0 Å². The molecule has 5 nitrogen and oxygen atoms in total. The quantitative estimate of drug-likeness (QED) is 0.853. The first kappa shape index (κ1) is 15.1. The van der Waals surface area contributed by atoms with Crippen molar-refractivity contribution in [3.05, 3.63) is 36.2 Å². The Kier molecular flexibility index (Phi) is 4.97. The number of ether oxygens (including phenoxy) is 2. The van der Waals surface area contributed by atoms with Crippen LogP contribution < -0.4 is 14.8 Å². The van der Waals surface area contributed by atoms with Crippen LogP contribution in [0.1, 0.15) is 12.6 Å². The number of hydrogen-bond donors (Lipinski definition) is 1. The summed E-state index contributed by atoms with van der Waals surface area (Å²) in [7, 11) is 1.51. The summed E-state index contributed by atoms with van der Waals surface area (Å²) < 4.78 is 36.3. The van der Waals surface area contributed by atoms with Crippen molar-refractivity contribution in [2.24, 2.45) is 0 Å². The zero-order chi connectivity index (χ0) is 15.2. The lowest BCUT2D eigenvalue weighted by molar-refractivity contribution is -0.0494. The summed E-state index contributed by atoms with van der Waals surface area (Å²) in [5.41, 5.74) is 1.39. The lowest BCUT2D eigenvalue weighted by Gasteiger charge is -2.14. The van der Waals surface area contributed by atoms with Gasteiger partial charge in [0.1, 0.15) is 11.5 Å². The summed E-state index contributed by atoms with van der Waals surface area (Å²) in [5.74, 6) is 0.636. The molecule has 0 radical (unpaired) electrons. The van der Waals surface area contributed by atoms with E-state index in [9.17, 15) is 8.78 Å². The number of aryl methyl sites for hydroxylation is 1. The van der Waals surface area contributed by atoms with E-state index in [1.807, 2.05) is 17.7 Å². The second-order valence-corrected chi connectivity index (χ2v) is 4.23. The van der Waals surface area contributed by atoms with E-state index < -0.39 is 6.61 Å². The van der Waals surface area contributed by atoms with Crippen LogP contribution in [0.15, 0.2) is 30.5 Å². The predicted octanol–water partition coefficient (Wildman–Crippen LogP) is 3.13. The van der Waals surface area contributed by atoms with E-state index in [0.717, 1.165) is 12.2 Å². The number of methoxy groups -OCH3 is 1. The minimum absolute atomic E-state index is 0.0772. The minimum atomic E-state index is -2.87. The smallest absolute Gasteiger partial charge is 0.387 e. The van der Waals surface area contributed by atoms with E-state index in [0.29, 0.717) is 18.0 Å². The van der Waals surface area contributed by atoms with Crippen molar-refractivity contribution in [2.75, 3.05) is 12.4 Å². The summed E-state index contributed by atoms with van der Waals surface area (Å²) in [6, 6.07) is 6.50. The Morgan fingerprint density at radius 2 is 2.14 bits per heavy atom. The molecule has 0 aliphatic rings. The third-order valence-electron chi connectivity index (χ3n) is 2.97. The van der Waals surface area contributed by atoms with Crippen molar-refractivity contribution in [2.45, 2.75) is 26.6 Å². The number of aromatic nitrogens is 2. The summed E-state index contributed by atoms with van der Waals surface area (Å²) in [4.78, 5) is 0. The largest absolute Gasteiger partial charge is 0.497 e. The molecule has 0 aliphatic carbocycles. The van der Waals surface area contributed by atoms with Gasteiger partial charge in [-0.15, -0.1) is 0 Å². The summed E-state index contributed by atoms with van der Waals surface area (Å²) >= 11 is 0. The number of hydrogen-bond acceptors (Lipinski definition) is 4. The van der Waals surface area contributed by atoms with E-state index in [1.54, 1.807) is 18.3 Å². The second kappa shape index (κ2) is 6.92. The number of anilines is 1. The van der Waals surface area contributed by atoms with Gasteiger partial charge in [-0.05, 0) is 25.1 Å². The minimum Gasteiger partial charge on any atom is -0.497 e. The highest BCUT2D eigenvalue weighted by atomic mass is 19.3. The van der Waals surface area contributed by atoms with Crippen LogP contribution in [0.2, 0.25) is 0 Å². The molecule has 114 valence electrons. The first-order chi connectivity index (χ1) is 10.1. The molecule has 1 N–H and O–H groups in total. The molecule has 0 atom stereocenters. The lowest BCUT2D eigenvalue weighted by atomic mass is 10.2. The van der Waals surface area contributed by atoms with E-state index in [2.05, 4.69) is 15.2 Å². The molecule has 0 saturated heterocycles. The van der Waals surface area contributed by atoms with Gasteiger partial charge >= 0.3 is 6.61 Å². The van der Waals surface area contributed by atoms with E-state index in [1.165, 1.54) is 13.2 Å². The van der Waals surface area contributed by atoms with Gasteiger partial charge in [0.25, 0.3) is 0 Å². The van der Waals surface area contributed by atoms with E-state index >= 15 is 0 Å². The van der Waals surface area contributed by atoms with Crippen molar-refractivity contribution in [3.8, 4) is 11.5 Å². The zero-order valence-electron chi connectivity index (χ0n) is 11.8. The summed E-state index contributed by atoms with van der Waals surface area (Å²) in [6.45, 7) is 0.288. The molecule has 0 unspecified atom stereocenters. The normalized spacial score (nSPS) is 10.7. The van der Waals surface area contributed by atoms with Gasteiger partial charge in [-0.25, -0.2) is 0 Å². The van der Waals surface area contributed by atoms with Gasteiger partial charge in [0.2, 0.25) is 0 Å². The Labute approximate surface area is 121 Å². The molecule has 1 aromatic carbocycles.